The van der Waals surface area contributed by atoms with Gasteiger partial charge in [-0.2, -0.15) is 0 Å². The van der Waals surface area contributed by atoms with Crippen molar-refractivity contribution in [1.29, 1.82) is 0 Å². The molecule has 0 atom stereocenters. The molecular formula is C16H17N3OS. The van der Waals surface area contributed by atoms with E-state index >= 15 is 0 Å². The largest absolute Gasteiger partial charge is 0.351 e. The molecule has 0 radical (unpaired) electrons. The number of aromatic nitrogens is 1. The van der Waals surface area contributed by atoms with Crippen molar-refractivity contribution in [3.8, 4) is 11.8 Å². The number of nitrogens with one attached hydrogen (secondary N) is 1. The molecule has 21 heavy (non-hydrogen) atoms. The molecule has 3 N–H and O–H groups in total. The van der Waals surface area contributed by atoms with Crippen LogP contribution in [0.2, 0.25) is 0 Å². The van der Waals surface area contributed by atoms with Gasteiger partial charge in [-0.1, -0.05) is 17.9 Å². The molecule has 108 valence electrons. The molecule has 0 saturated carbocycles. The van der Waals surface area contributed by atoms with E-state index in [-0.39, 0.29) is 5.91 Å². The van der Waals surface area contributed by atoms with Crippen molar-refractivity contribution in [2.45, 2.75) is 13.3 Å². The monoisotopic (exact) mass is 299 g/mol. The summed E-state index contributed by atoms with van der Waals surface area (Å²) in [5, 5.41) is 2.90. The number of carbonyl (C=O) groups is 1. The number of thiophene rings is 1. The molecule has 0 aliphatic carbocycles. The van der Waals surface area contributed by atoms with E-state index in [1.807, 2.05) is 31.2 Å². The number of amides is 1. The van der Waals surface area contributed by atoms with E-state index in [4.69, 9.17) is 5.73 Å². The van der Waals surface area contributed by atoms with E-state index in [1.165, 1.54) is 11.3 Å². The molecule has 0 fully saturated rings. The summed E-state index contributed by atoms with van der Waals surface area (Å²) >= 11 is 1.40. The Morgan fingerprint density at radius 3 is 3.05 bits per heavy atom. The molecule has 0 bridgehead atoms. The summed E-state index contributed by atoms with van der Waals surface area (Å²) in [5.41, 5.74) is 7.34. The first-order valence-electron chi connectivity index (χ1n) is 6.68. The fraction of sp³-hybridized carbons (Fsp3) is 0.250. The van der Waals surface area contributed by atoms with Crippen LogP contribution in [0.3, 0.4) is 0 Å². The molecule has 0 aliphatic rings. The lowest BCUT2D eigenvalue weighted by Crippen LogP contribution is -2.25. The van der Waals surface area contributed by atoms with Crippen LogP contribution in [0.25, 0.3) is 0 Å². The minimum Gasteiger partial charge on any atom is -0.351 e. The number of hydrogen-bond donors (Lipinski definition) is 2. The van der Waals surface area contributed by atoms with Crippen LogP contribution in [0, 0.1) is 18.8 Å². The fourth-order valence-electron chi connectivity index (χ4n) is 1.79. The summed E-state index contributed by atoms with van der Waals surface area (Å²) in [6.45, 7) is 2.83. The number of pyridine rings is 1. The number of carbonyl (C=O) groups excluding carboxylic acids is 1. The van der Waals surface area contributed by atoms with Crippen LogP contribution < -0.4 is 11.1 Å². The number of nitrogens with two attached hydrogens (primary N) is 1. The van der Waals surface area contributed by atoms with Crippen molar-refractivity contribution in [2.75, 3.05) is 13.1 Å². The predicted molar refractivity (Wildman–Crippen MR) is 85.3 cm³/mol. The lowest BCUT2D eigenvalue weighted by molar-refractivity contribution is 0.0958. The molecule has 1 amide bonds. The quantitative estimate of drug-likeness (QED) is 0.845. The van der Waals surface area contributed by atoms with Gasteiger partial charge in [0.1, 0.15) is 0 Å². The van der Waals surface area contributed by atoms with Crippen molar-refractivity contribution < 1.29 is 4.79 Å². The summed E-state index contributed by atoms with van der Waals surface area (Å²) < 4.78 is 0. The van der Waals surface area contributed by atoms with Crippen molar-refractivity contribution in [3.63, 3.8) is 0 Å². The Kier molecular flexibility index (Phi) is 5.50. The third kappa shape index (κ3) is 4.42. The summed E-state index contributed by atoms with van der Waals surface area (Å²) in [6, 6.07) is 7.62. The first-order chi connectivity index (χ1) is 10.2. The van der Waals surface area contributed by atoms with E-state index < -0.39 is 0 Å². The zero-order valence-electron chi connectivity index (χ0n) is 11.8. The maximum absolute atomic E-state index is 12.1. The summed E-state index contributed by atoms with van der Waals surface area (Å²) in [6.07, 6.45) is 2.47. The molecule has 0 aliphatic heterocycles. The molecule has 0 spiro atoms. The first kappa shape index (κ1) is 15.2. The third-order valence-corrected chi connectivity index (χ3v) is 3.99. The SMILES string of the molecule is Cc1cc(C(=O)NCCc2ccccn2)sc1C#CCN. The maximum Gasteiger partial charge on any atom is 0.261 e. The average molecular weight is 299 g/mol. The van der Waals surface area contributed by atoms with Crippen molar-refractivity contribution in [3.05, 3.63) is 51.5 Å². The van der Waals surface area contributed by atoms with Crippen LogP contribution in [0.4, 0.5) is 0 Å². The highest BCUT2D eigenvalue weighted by molar-refractivity contribution is 7.14. The Balaban J connectivity index is 1.91. The molecule has 2 heterocycles. The van der Waals surface area contributed by atoms with Gasteiger partial charge in [0.05, 0.1) is 16.3 Å². The van der Waals surface area contributed by atoms with Gasteiger partial charge in [0.15, 0.2) is 0 Å². The highest BCUT2D eigenvalue weighted by atomic mass is 32.1. The number of aryl methyl sites for hydroxylation is 1. The lowest BCUT2D eigenvalue weighted by Gasteiger charge is -2.02. The Hall–Kier alpha value is -2.16. The van der Waals surface area contributed by atoms with Gasteiger partial charge in [-0.3, -0.25) is 9.78 Å². The lowest BCUT2D eigenvalue weighted by atomic mass is 10.2. The number of nitrogens with zero attached hydrogens (tertiary/aromatic N) is 1. The van der Waals surface area contributed by atoms with Crippen LogP contribution in [0.5, 0.6) is 0 Å². The molecular weight excluding hydrogens is 282 g/mol. The summed E-state index contributed by atoms with van der Waals surface area (Å²) in [5.74, 6) is 5.72. The van der Waals surface area contributed by atoms with E-state index in [1.54, 1.807) is 6.20 Å². The second kappa shape index (κ2) is 7.58. The average Bonchev–Trinajstić information content (AvgIpc) is 2.87. The van der Waals surface area contributed by atoms with Gasteiger partial charge in [0, 0.05) is 24.9 Å². The smallest absolute Gasteiger partial charge is 0.261 e. The van der Waals surface area contributed by atoms with Gasteiger partial charge in [-0.15, -0.1) is 11.3 Å². The third-order valence-electron chi connectivity index (χ3n) is 2.84. The molecule has 2 rings (SSSR count). The van der Waals surface area contributed by atoms with Crippen molar-refractivity contribution >= 4 is 17.2 Å². The zero-order chi connectivity index (χ0) is 15.1. The number of rotatable bonds is 4. The van der Waals surface area contributed by atoms with Gasteiger partial charge in [0.25, 0.3) is 5.91 Å². The highest BCUT2D eigenvalue weighted by Gasteiger charge is 2.11. The van der Waals surface area contributed by atoms with Crippen LogP contribution in [-0.2, 0) is 6.42 Å². The highest BCUT2D eigenvalue weighted by Crippen LogP contribution is 2.20. The summed E-state index contributed by atoms with van der Waals surface area (Å²) in [4.78, 5) is 17.9. The van der Waals surface area contributed by atoms with Crippen LogP contribution >= 0.6 is 11.3 Å². The van der Waals surface area contributed by atoms with Gasteiger partial charge < -0.3 is 11.1 Å². The first-order valence-corrected chi connectivity index (χ1v) is 7.50. The normalized spacial score (nSPS) is 9.81. The zero-order valence-corrected chi connectivity index (χ0v) is 12.7. The van der Waals surface area contributed by atoms with E-state index in [0.717, 1.165) is 22.6 Å². The van der Waals surface area contributed by atoms with Gasteiger partial charge in [-0.25, -0.2) is 0 Å². The van der Waals surface area contributed by atoms with Crippen LogP contribution in [-0.4, -0.2) is 24.0 Å². The molecule has 0 unspecified atom stereocenters. The van der Waals surface area contributed by atoms with Gasteiger partial charge in [-0.05, 0) is 30.7 Å². The molecule has 0 saturated heterocycles. The number of hydrogen-bond acceptors (Lipinski definition) is 4. The second-order valence-corrected chi connectivity index (χ2v) is 5.51. The van der Waals surface area contributed by atoms with Crippen LogP contribution in [0.15, 0.2) is 30.5 Å². The second-order valence-electron chi connectivity index (χ2n) is 4.46. The molecule has 4 nitrogen and oxygen atoms in total. The van der Waals surface area contributed by atoms with E-state index in [0.29, 0.717) is 18.0 Å². The molecule has 5 heteroatoms. The predicted octanol–water partition coefficient (Wildman–Crippen LogP) is 1.73. The maximum atomic E-state index is 12.1. The van der Waals surface area contributed by atoms with E-state index in [9.17, 15) is 4.79 Å². The Labute approximate surface area is 128 Å². The van der Waals surface area contributed by atoms with Crippen LogP contribution in [0.1, 0.15) is 25.8 Å². The van der Waals surface area contributed by atoms with Gasteiger partial charge in [0.2, 0.25) is 0 Å². The minimum atomic E-state index is -0.0696. The molecule has 2 aromatic rings. The van der Waals surface area contributed by atoms with Crippen molar-refractivity contribution in [1.82, 2.24) is 10.3 Å². The fourth-order valence-corrected chi connectivity index (χ4v) is 2.75. The summed E-state index contributed by atoms with van der Waals surface area (Å²) in [7, 11) is 0. The molecule has 2 aromatic heterocycles. The Bertz CT molecular complexity index is 668. The van der Waals surface area contributed by atoms with E-state index in [2.05, 4.69) is 22.1 Å². The van der Waals surface area contributed by atoms with Gasteiger partial charge >= 0.3 is 0 Å². The molecule has 0 aromatic carbocycles. The Morgan fingerprint density at radius 2 is 2.33 bits per heavy atom. The topological polar surface area (TPSA) is 68.0 Å². The standard InChI is InChI=1S/C16H17N3OS/c1-12-11-15(21-14(12)6-4-8-17)16(20)19-10-7-13-5-2-3-9-18-13/h2-3,5,9,11H,7-8,10,17H2,1H3,(H,19,20). The Morgan fingerprint density at radius 1 is 1.48 bits per heavy atom. The minimum absolute atomic E-state index is 0.0696. The van der Waals surface area contributed by atoms with Crippen molar-refractivity contribution in [2.24, 2.45) is 5.73 Å².